The molecule has 25 heavy (non-hydrogen) atoms. The summed E-state index contributed by atoms with van der Waals surface area (Å²) in [5, 5.41) is 2.89. The molecule has 1 aliphatic heterocycles. The maximum absolute atomic E-state index is 12.6. The molecule has 1 fully saturated rings. The van der Waals surface area contributed by atoms with Gasteiger partial charge in [0.2, 0.25) is 11.8 Å². The van der Waals surface area contributed by atoms with Gasteiger partial charge in [-0.15, -0.1) is 0 Å². The molecule has 4 heteroatoms. The Labute approximate surface area is 148 Å². The molecule has 0 saturated carbocycles. The van der Waals surface area contributed by atoms with Crippen molar-refractivity contribution < 1.29 is 9.59 Å². The fraction of sp³-hybridized carbons (Fsp3) is 0.333. The molecule has 130 valence electrons. The van der Waals surface area contributed by atoms with E-state index >= 15 is 0 Å². The number of benzene rings is 2. The van der Waals surface area contributed by atoms with Gasteiger partial charge in [0, 0.05) is 18.7 Å². The minimum absolute atomic E-state index is 0.0173. The number of aryl methyl sites for hydroxylation is 3. The summed E-state index contributed by atoms with van der Waals surface area (Å²) in [7, 11) is 0. The molecule has 4 nitrogen and oxygen atoms in total. The lowest BCUT2D eigenvalue weighted by Gasteiger charge is -2.18. The van der Waals surface area contributed by atoms with E-state index < -0.39 is 6.04 Å². The van der Waals surface area contributed by atoms with Crippen LogP contribution < -0.4 is 10.2 Å². The van der Waals surface area contributed by atoms with Crippen molar-refractivity contribution in [3.8, 4) is 0 Å². The molecule has 1 heterocycles. The molecule has 2 amide bonds. The molecule has 1 N–H and O–H groups in total. The van der Waals surface area contributed by atoms with Crippen LogP contribution in [0.4, 0.5) is 5.69 Å². The van der Waals surface area contributed by atoms with E-state index in [1.807, 2.05) is 55.5 Å². The van der Waals surface area contributed by atoms with Crippen molar-refractivity contribution in [2.24, 2.45) is 0 Å². The molecule has 0 aromatic heterocycles. The van der Waals surface area contributed by atoms with E-state index in [-0.39, 0.29) is 11.8 Å². The highest BCUT2D eigenvalue weighted by atomic mass is 16.2. The predicted molar refractivity (Wildman–Crippen MR) is 99.6 cm³/mol. The summed E-state index contributed by atoms with van der Waals surface area (Å²) < 4.78 is 0. The summed E-state index contributed by atoms with van der Waals surface area (Å²) in [5.74, 6) is -0.0829. The molecule has 0 aliphatic carbocycles. The van der Waals surface area contributed by atoms with E-state index in [2.05, 4.69) is 12.2 Å². The second-order valence-electron chi connectivity index (χ2n) is 6.65. The van der Waals surface area contributed by atoms with Gasteiger partial charge < -0.3 is 10.2 Å². The first kappa shape index (κ1) is 17.2. The van der Waals surface area contributed by atoms with Crippen molar-refractivity contribution in [3.05, 3.63) is 65.2 Å². The average Bonchev–Trinajstić information content (AvgIpc) is 2.97. The minimum Gasteiger partial charge on any atom is -0.344 e. The van der Waals surface area contributed by atoms with Crippen LogP contribution in [0.1, 0.15) is 29.5 Å². The zero-order valence-corrected chi connectivity index (χ0v) is 14.8. The summed E-state index contributed by atoms with van der Waals surface area (Å²) in [6.07, 6.45) is 1.74. The number of rotatable bonds is 5. The van der Waals surface area contributed by atoms with Gasteiger partial charge in [-0.05, 0) is 55.5 Å². The second-order valence-corrected chi connectivity index (χ2v) is 6.65. The van der Waals surface area contributed by atoms with Crippen molar-refractivity contribution in [2.75, 3.05) is 11.4 Å². The molecule has 1 aliphatic rings. The Morgan fingerprint density at radius 1 is 1.12 bits per heavy atom. The third-order valence-electron chi connectivity index (χ3n) is 4.83. The summed E-state index contributed by atoms with van der Waals surface area (Å²) >= 11 is 0. The molecule has 2 aromatic carbocycles. The molecular formula is C21H24N2O2. The first-order valence-corrected chi connectivity index (χ1v) is 8.76. The summed E-state index contributed by atoms with van der Waals surface area (Å²) in [6, 6.07) is 15.5. The highest BCUT2D eigenvalue weighted by Gasteiger charge is 2.33. The van der Waals surface area contributed by atoms with Crippen molar-refractivity contribution in [3.63, 3.8) is 0 Å². The van der Waals surface area contributed by atoms with E-state index in [0.717, 1.165) is 11.3 Å². The first-order chi connectivity index (χ1) is 12.0. The van der Waals surface area contributed by atoms with Gasteiger partial charge in [0.05, 0.1) is 0 Å². The smallest absolute Gasteiger partial charge is 0.249 e. The van der Waals surface area contributed by atoms with Crippen LogP contribution in [-0.4, -0.2) is 24.4 Å². The maximum atomic E-state index is 12.6. The standard InChI is InChI=1S/C21H24N2O2/c1-15-8-10-18(14-16(15)2)23-13-12-19(21(23)25)22-20(24)11-9-17-6-4-3-5-7-17/h3-8,10,14,19H,9,11-13H2,1-2H3,(H,22,24). The largest absolute Gasteiger partial charge is 0.344 e. The zero-order valence-electron chi connectivity index (χ0n) is 14.8. The second kappa shape index (κ2) is 7.51. The normalized spacial score (nSPS) is 17.0. The van der Waals surface area contributed by atoms with Gasteiger partial charge >= 0.3 is 0 Å². The Bertz CT molecular complexity index is 771. The molecule has 0 bridgehead atoms. The monoisotopic (exact) mass is 336 g/mol. The van der Waals surface area contributed by atoms with Gasteiger partial charge in [-0.1, -0.05) is 36.4 Å². The highest BCUT2D eigenvalue weighted by Crippen LogP contribution is 2.24. The Hall–Kier alpha value is -2.62. The number of hydrogen-bond donors (Lipinski definition) is 1. The lowest BCUT2D eigenvalue weighted by molar-refractivity contribution is -0.126. The van der Waals surface area contributed by atoms with Crippen LogP contribution in [0.25, 0.3) is 0 Å². The van der Waals surface area contributed by atoms with Crippen molar-refractivity contribution >= 4 is 17.5 Å². The maximum Gasteiger partial charge on any atom is 0.249 e. The predicted octanol–water partition coefficient (Wildman–Crippen LogP) is 3.16. The van der Waals surface area contributed by atoms with Crippen LogP contribution in [0.2, 0.25) is 0 Å². The SMILES string of the molecule is Cc1ccc(N2CCC(NC(=O)CCc3ccccc3)C2=O)cc1C. The van der Waals surface area contributed by atoms with Crippen molar-refractivity contribution in [1.82, 2.24) is 5.32 Å². The Kier molecular flexibility index (Phi) is 5.17. The third-order valence-corrected chi connectivity index (χ3v) is 4.83. The van der Waals surface area contributed by atoms with Crippen molar-refractivity contribution in [1.29, 1.82) is 0 Å². The fourth-order valence-electron chi connectivity index (χ4n) is 3.13. The quantitative estimate of drug-likeness (QED) is 0.912. The number of nitrogens with zero attached hydrogens (tertiary/aromatic N) is 1. The van der Waals surface area contributed by atoms with Crippen LogP contribution in [-0.2, 0) is 16.0 Å². The lowest BCUT2D eigenvalue weighted by Crippen LogP contribution is -2.41. The number of hydrogen-bond acceptors (Lipinski definition) is 2. The molecule has 1 unspecified atom stereocenters. The molecule has 1 saturated heterocycles. The summed E-state index contributed by atoms with van der Waals surface area (Å²) in [6.45, 7) is 4.74. The molecular weight excluding hydrogens is 312 g/mol. The third kappa shape index (κ3) is 4.08. The van der Waals surface area contributed by atoms with Crippen LogP contribution in [0.5, 0.6) is 0 Å². The van der Waals surface area contributed by atoms with Gasteiger partial charge in [0.1, 0.15) is 6.04 Å². The van der Waals surface area contributed by atoms with E-state index in [1.165, 1.54) is 11.1 Å². The van der Waals surface area contributed by atoms with Gasteiger partial charge in [-0.2, -0.15) is 0 Å². The van der Waals surface area contributed by atoms with Crippen molar-refractivity contribution in [2.45, 2.75) is 39.2 Å². The Morgan fingerprint density at radius 3 is 2.60 bits per heavy atom. The number of anilines is 1. The molecule has 2 aromatic rings. The first-order valence-electron chi connectivity index (χ1n) is 8.76. The van der Waals surface area contributed by atoms with E-state index in [1.54, 1.807) is 4.90 Å². The summed E-state index contributed by atoms with van der Waals surface area (Å²) in [4.78, 5) is 26.6. The highest BCUT2D eigenvalue weighted by molar-refractivity contribution is 6.01. The van der Waals surface area contributed by atoms with Crippen LogP contribution in [0, 0.1) is 13.8 Å². The van der Waals surface area contributed by atoms with E-state index in [9.17, 15) is 9.59 Å². The van der Waals surface area contributed by atoms with Crippen LogP contribution in [0.15, 0.2) is 48.5 Å². The Balaban J connectivity index is 1.56. The molecule has 0 spiro atoms. The van der Waals surface area contributed by atoms with Gasteiger partial charge in [0.15, 0.2) is 0 Å². The van der Waals surface area contributed by atoms with Crippen LogP contribution >= 0.6 is 0 Å². The molecule has 1 atom stereocenters. The van der Waals surface area contributed by atoms with E-state index in [4.69, 9.17) is 0 Å². The fourth-order valence-corrected chi connectivity index (χ4v) is 3.13. The number of nitrogens with one attached hydrogen (secondary N) is 1. The Morgan fingerprint density at radius 2 is 1.88 bits per heavy atom. The van der Waals surface area contributed by atoms with Crippen LogP contribution in [0.3, 0.4) is 0 Å². The summed E-state index contributed by atoms with van der Waals surface area (Å²) in [5.41, 5.74) is 4.42. The number of carbonyl (C=O) groups is 2. The lowest BCUT2D eigenvalue weighted by atomic mass is 10.1. The minimum atomic E-state index is -0.412. The molecule has 3 rings (SSSR count). The van der Waals surface area contributed by atoms with Gasteiger partial charge in [-0.25, -0.2) is 0 Å². The van der Waals surface area contributed by atoms with Gasteiger partial charge in [0.25, 0.3) is 0 Å². The number of amides is 2. The van der Waals surface area contributed by atoms with E-state index in [0.29, 0.717) is 25.8 Å². The molecule has 0 radical (unpaired) electrons. The topological polar surface area (TPSA) is 49.4 Å². The zero-order chi connectivity index (χ0) is 17.8. The number of carbonyl (C=O) groups excluding carboxylic acids is 2. The average molecular weight is 336 g/mol. The van der Waals surface area contributed by atoms with Gasteiger partial charge in [-0.3, -0.25) is 9.59 Å².